The van der Waals surface area contributed by atoms with E-state index < -0.39 is 0 Å². The fraction of sp³-hybridized carbons (Fsp3) is 0.143. The average Bonchev–Trinajstić information content (AvgIpc) is 2.76. The zero-order chi connectivity index (χ0) is 14.3. The zero-order valence-corrected chi connectivity index (χ0v) is 14.5. The van der Waals surface area contributed by atoms with Gasteiger partial charge in [-0.1, -0.05) is 6.07 Å². The van der Waals surface area contributed by atoms with Crippen LogP contribution >= 0.6 is 43.5 Å². The van der Waals surface area contributed by atoms with Crippen LogP contribution in [0.3, 0.4) is 0 Å². The number of imidazole rings is 1. The largest absolute Gasteiger partial charge is 0.277 e. The Hall–Kier alpha value is -0.910. The van der Waals surface area contributed by atoms with Gasteiger partial charge in [0.25, 0.3) is 0 Å². The van der Waals surface area contributed by atoms with Crippen LogP contribution in [0.5, 0.6) is 0 Å². The molecule has 0 aliphatic carbocycles. The van der Waals surface area contributed by atoms with Crippen molar-refractivity contribution in [3.8, 4) is 5.69 Å². The van der Waals surface area contributed by atoms with Gasteiger partial charge in [-0.3, -0.25) is 4.57 Å². The summed E-state index contributed by atoms with van der Waals surface area (Å²) in [6.07, 6.45) is 1.84. The molecule has 0 radical (unpaired) electrons. The SMILES string of the molecule is Cc1cnc2c(c1)nc(CCl)n2-c1c(Br)cccc1Br. The molecular weight excluding hydrogens is 405 g/mol. The van der Waals surface area contributed by atoms with E-state index in [4.69, 9.17) is 11.6 Å². The van der Waals surface area contributed by atoms with Crippen LogP contribution < -0.4 is 0 Å². The molecule has 0 unspecified atom stereocenters. The van der Waals surface area contributed by atoms with Gasteiger partial charge in [-0.05, 0) is 62.5 Å². The molecule has 1 aromatic carbocycles. The summed E-state index contributed by atoms with van der Waals surface area (Å²) >= 11 is 13.2. The summed E-state index contributed by atoms with van der Waals surface area (Å²) in [5.74, 6) is 1.09. The number of pyridine rings is 1. The minimum atomic E-state index is 0.323. The van der Waals surface area contributed by atoms with Crippen molar-refractivity contribution in [2.75, 3.05) is 0 Å². The van der Waals surface area contributed by atoms with Gasteiger partial charge in [0.15, 0.2) is 5.65 Å². The first-order chi connectivity index (χ1) is 9.61. The molecule has 0 aliphatic rings. The van der Waals surface area contributed by atoms with Crippen LogP contribution in [0.15, 0.2) is 39.4 Å². The minimum Gasteiger partial charge on any atom is -0.277 e. The van der Waals surface area contributed by atoms with Crippen molar-refractivity contribution in [1.29, 1.82) is 0 Å². The number of benzene rings is 1. The van der Waals surface area contributed by atoms with Crippen molar-refractivity contribution in [2.45, 2.75) is 12.8 Å². The molecule has 2 aromatic heterocycles. The number of nitrogens with zero attached hydrogens (tertiary/aromatic N) is 3. The predicted molar refractivity (Wildman–Crippen MR) is 88.6 cm³/mol. The number of aromatic nitrogens is 3. The third-order valence-corrected chi connectivity index (χ3v) is 4.50. The number of hydrogen-bond acceptors (Lipinski definition) is 2. The highest BCUT2D eigenvalue weighted by atomic mass is 79.9. The Morgan fingerprint density at radius 3 is 2.60 bits per heavy atom. The van der Waals surface area contributed by atoms with E-state index in [-0.39, 0.29) is 0 Å². The molecule has 3 aromatic rings. The molecule has 20 heavy (non-hydrogen) atoms. The molecule has 0 saturated heterocycles. The van der Waals surface area contributed by atoms with E-state index in [9.17, 15) is 0 Å². The fourth-order valence-electron chi connectivity index (χ4n) is 2.14. The molecule has 2 heterocycles. The topological polar surface area (TPSA) is 30.7 Å². The van der Waals surface area contributed by atoms with Crippen molar-refractivity contribution in [3.05, 3.63) is 50.8 Å². The number of rotatable bonds is 2. The van der Waals surface area contributed by atoms with Crippen molar-refractivity contribution >= 4 is 54.6 Å². The van der Waals surface area contributed by atoms with Crippen molar-refractivity contribution in [1.82, 2.24) is 14.5 Å². The average molecular weight is 416 g/mol. The highest BCUT2D eigenvalue weighted by Crippen LogP contribution is 2.32. The van der Waals surface area contributed by atoms with Gasteiger partial charge in [-0.15, -0.1) is 11.6 Å². The van der Waals surface area contributed by atoms with Gasteiger partial charge in [0.05, 0.1) is 11.6 Å². The first-order valence-corrected chi connectivity index (χ1v) is 8.08. The van der Waals surface area contributed by atoms with Crippen molar-refractivity contribution in [2.24, 2.45) is 0 Å². The van der Waals surface area contributed by atoms with Crippen LogP contribution in [-0.4, -0.2) is 14.5 Å². The van der Waals surface area contributed by atoms with Gasteiger partial charge < -0.3 is 0 Å². The predicted octanol–water partition coefficient (Wildman–Crippen LogP) is 4.99. The molecule has 0 fully saturated rings. The van der Waals surface area contributed by atoms with E-state index in [2.05, 4.69) is 41.8 Å². The van der Waals surface area contributed by atoms with Gasteiger partial charge in [0.2, 0.25) is 0 Å². The Balaban J connectivity index is 2.40. The van der Waals surface area contributed by atoms with Gasteiger partial charge in [-0.2, -0.15) is 0 Å². The maximum Gasteiger partial charge on any atom is 0.164 e. The van der Waals surface area contributed by atoms with Gasteiger partial charge in [-0.25, -0.2) is 9.97 Å². The molecular formula is C14H10Br2ClN3. The van der Waals surface area contributed by atoms with E-state index in [1.54, 1.807) is 0 Å². The number of para-hydroxylation sites is 1. The van der Waals surface area contributed by atoms with Gasteiger partial charge >= 0.3 is 0 Å². The van der Waals surface area contributed by atoms with Crippen molar-refractivity contribution < 1.29 is 0 Å². The fourth-order valence-corrected chi connectivity index (χ4v) is 3.67. The maximum atomic E-state index is 6.06. The number of aryl methyl sites for hydroxylation is 1. The summed E-state index contributed by atoms with van der Waals surface area (Å²) < 4.78 is 3.90. The van der Waals surface area contributed by atoms with E-state index in [1.807, 2.05) is 42.0 Å². The second kappa shape index (κ2) is 5.47. The first kappa shape index (κ1) is 14.0. The van der Waals surface area contributed by atoms with Crippen LogP contribution in [0.4, 0.5) is 0 Å². The van der Waals surface area contributed by atoms with Crippen LogP contribution in [0.2, 0.25) is 0 Å². The quantitative estimate of drug-likeness (QED) is 0.552. The molecule has 0 amide bonds. The number of alkyl halides is 1. The monoisotopic (exact) mass is 413 g/mol. The van der Waals surface area contributed by atoms with Crippen LogP contribution in [0, 0.1) is 6.92 Å². The molecule has 3 nitrogen and oxygen atoms in total. The lowest BCUT2D eigenvalue weighted by Crippen LogP contribution is -2.02. The molecule has 0 spiro atoms. The lowest BCUT2D eigenvalue weighted by Gasteiger charge is -2.11. The van der Waals surface area contributed by atoms with E-state index in [0.717, 1.165) is 37.2 Å². The van der Waals surface area contributed by atoms with E-state index in [1.165, 1.54) is 0 Å². The molecule has 6 heteroatoms. The Bertz CT molecular complexity index is 778. The molecule has 102 valence electrons. The molecule has 0 bridgehead atoms. The summed E-state index contributed by atoms with van der Waals surface area (Å²) in [7, 11) is 0. The number of fused-ring (bicyclic) bond motifs is 1. The summed E-state index contributed by atoms with van der Waals surface area (Å²) in [6.45, 7) is 2.00. The Labute approximate surface area is 138 Å². The second-order valence-electron chi connectivity index (χ2n) is 4.42. The Morgan fingerprint density at radius 2 is 1.95 bits per heavy atom. The van der Waals surface area contributed by atoms with Crippen molar-refractivity contribution in [3.63, 3.8) is 0 Å². The molecule has 0 aliphatic heterocycles. The third-order valence-electron chi connectivity index (χ3n) is 2.98. The summed E-state index contributed by atoms with van der Waals surface area (Å²) in [6, 6.07) is 7.95. The standard InChI is InChI=1S/C14H10Br2ClN3/c1-8-5-11-14(18-7-8)20(12(6-17)19-11)13-9(15)3-2-4-10(13)16/h2-5,7H,6H2,1H3. The summed E-state index contributed by atoms with van der Waals surface area (Å²) in [5, 5.41) is 0. The van der Waals surface area contributed by atoms with Crippen LogP contribution in [0.1, 0.15) is 11.4 Å². The zero-order valence-electron chi connectivity index (χ0n) is 10.6. The van der Waals surface area contributed by atoms with E-state index >= 15 is 0 Å². The smallest absolute Gasteiger partial charge is 0.164 e. The molecule has 3 rings (SSSR count). The maximum absolute atomic E-state index is 6.06. The summed E-state index contributed by atoms with van der Waals surface area (Å²) in [5.41, 5.74) is 3.69. The number of halogens is 3. The normalized spacial score (nSPS) is 11.2. The third kappa shape index (κ3) is 2.28. The van der Waals surface area contributed by atoms with Crippen LogP contribution in [0.25, 0.3) is 16.9 Å². The Kier molecular flexibility index (Phi) is 3.84. The van der Waals surface area contributed by atoms with Gasteiger partial charge in [0, 0.05) is 15.1 Å². The van der Waals surface area contributed by atoms with E-state index in [0.29, 0.717) is 5.88 Å². The molecule has 0 saturated carbocycles. The summed E-state index contributed by atoms with van der Waals surface area (Å²) in [4.78, 5) is 9.09. The molecule has 0 N–H and O–H groups in total. The van der Waals surface area contributed by atoms with Crippen LogP contribution in [-0.2, 0) is 5.88 Å². The number of hydrogen-bond donors (Lipinski definition) is 0. The lowest BCUT2D eigenvalue weighted by molar-refractivity contribution is 0.960. The second-order valence-corrected chi connectivity index (χ2v) is 6.40. The lowest BCUT2D eigenvalue weighted by atomic mass is 10.3. The highest BCUT2D eigenvalue weighted by Gasteiger charge is 2.17. The molecule has 0 atom stereocenters. The van der Waals surface area contributed by atoms with Gasteiger partial charge in [0.1, 0.15) is 11.3 Å². The Morgan fingerprint density at radius 1 is 1.25 bits per heavy atom. The first-order valence-electron chi connectivity index (χ1n) is 5.96. The highest BCUT2D eigenvalue weighted by molar-refractivity contribution is 9.11. The minimum absolute atomic E-state index is 0.323.